The fourth-order valence-electron chi connectivity index (χ4n) is 2.70. The number of esters is 2. The Morgan fingerprint density at radius 2 is 1.65 bits per heavy atom. The zero-order valence-corrected chi connectivity index (χ0v) is 18.8. The Balaban J connectivity index is 1.42. The summed E-state index contributed by atoms with van der Waals surface area (Å²) < 4.78 is 37.0. The summed E-state index contributed by atoms with van der Waals surface area (Å²) >= 11 is 0. The molecule has 1 heterocycles. The van der Waals surface area contributed by atoms with Crippen LogP contribution in [-0.4, -0.2) is 49.6 Å². The smallest absolute Gasteiger partial charge is 0.345 e. The second kappa shape index (κ2) is 11.8. The van der Waals surface area contributed by atoms with Crippen LogP contribution in [0.5, 0.6) is 5.75 Å². The lowest BCUT2D eigenvalue weighted by molar-refractivity contribution is -0.138. The molecule has 0 aliphatic carbocycles. The normalized spacial score (nSPS) is 11.9. The Hall–Kier alpha value is -3.87. The summed E-state index contributed by atoms with van der Waals surface area (Å²) in [6.07, 6.45) is 1.44. The number of hydrogen-bond acceptors (Lipinski definition) is 10. The number of anilines is 1. The van der Waals surface area contributed by atoms with E-state index in [1.165, 1.54) is 24.3 Å². The van der Waals surface area contributed by atoms with Crippen molar-refractivity contribution in [3.05, 3.63) is 78.6 Å². The molecule has 178 valence electrons. The quantitative estimate of drug-likeness (QED) is 0.156. The molecule has 0 fully saturated rings. The van der Waals surface area contributed by atoms with Crippen LogP contribution in [0.25, 0.3) is 0 Å². The maximum absolute atomic E-state index is 12.2. The lowest BCUT2D eigenvalue weighted by atomic mass is 10.2. The highest BCUT2D eigenvalue weighted by Gasteiger charge is 2.21. The number of sulfonamides is 1. The highest BCUT2D eigenvalue weighted by molar-refractivity contribution is 7.89. The van der Waals surface area contributed by atoms with Crippen molar-refractivity contribution >= 4 is 27.9 Å². The van der Waals surface area contributed by atoms with E-state index in [4.69, 9.17) is 15.2 Å². The third kappa shape index (κ3) is 7.62. The molecular formula is C22H23N5O6S. The minimum Gasteiger partial charge on any atom is -0.492 e. The number of nitrogens with two attached hydrogens (primary N) is 1. The van der Waals surface area contributed by atoms with Gasteiger partial charge in [0.05, 0.1) is 29.6 Å². The van der Waals surface area contributed by atoms with Crippen LogP contribution in [0, 0.1) is 0 Å². The summed E-state index contributed by atoms with van der Waals surface area (Å²) in [5.41, 5.74) is 5.82. The van der Waals surface area contributed by atoms with Gasteiger partial charge in [-0.05, 0) is 42.5 Å². The number of carbonyl (C=O) groups excluding carboxylic acids is 2. The summed E-state index contributed by atoms with van der Waals surface area (Å²) in [5, 5.41) is 2.99. The molecule has 0 unspecified atom stereocenters. The van der Waals surface area contributed by atoms with Crippen molar-refractivity contribution in [1.29, 1.82) is 0 Å². The molecule has 3 aromatic rings. The summed E-state index contributed by atoms with van der Waals surface area (Å²) in [5.74, 6) is -0.863. The van der Waals surface area contributed by atoms with Gasteiger partial charge in [0.1, 0.15) is 12.4 Å². The number of nitrogens with zero attached hydrogens (tertiary/aromatic N) is 2. The summed E-state index contributed by atoms with van der Waals surface area (Å²) in [4.78, 5) is 32.3. The van der Waals surface area contributed by atoms with Gasteiger partial charge in [-0.1, -0.05) is 18.2 Å². The molecule has 4 N–H and O–H groups in total. The molecule has 0 aliphatic rings. The topological polar surface area (TPSA) is 163 Å². The summed E-state index contributed by atoms with van der Waals surface area (Å²) in [6, 6.07) is 15.3. The van der Waals surface area contributed by atoms with Gasteiger partial charge in [-0.25, -0.2) is 23.2 Å². The number of rotatable bonds is 11. The van der Waals surface area contributed by atoms with Gasteiger partial charge in [0.15, 0.2) is 0 Å². The van der Waals surface area contributed by atoms with Crippen molar-refractivity contribution in [1.82, 2.24) is 14.7 Å². The number of ether oxygens (including phenoxy) is 2. The number of aromatic nitrogens is 2. The zero-order chi connectivity index (χ0) is 24.4. The van der Waals surface area contributed by atoms with E-state index >= 15 is 0 Å². The van der Waals surface area contributed by atoms with Crippen LogP contribution in [0.15, 0.2) is 78.0 Å². The van der Waals surface area contributed by atoms with E-state index in [2.05, 4.69) is 20.0 Å². The van der Waals surface area contributed by atoms with Gasteiger partial charge in [-0.3, -0.25) is 4.79 Å². The van der Waals surface area contributed by atoms with E-state index in [1.54, 1.807) is 48.8 Å². The van der Waals surface area contributed by atoms with E-state index in [1.807, 2.05) is 0 Å². The van der Waals surface area contributed by atoms with E-state index in [-0.39, 0.29) is 10.5 Å². The monoisotopic (exact) mass is 485 g/mol. The predicted molar refractivity (Wildman–Crippen MR) is 122 cm³/mol. The second-order valence-corrected chi connectivity index (χ2v) is 8.59. The molecule has 2 aromatic carbocycles. The van der Waals surface area contributed by atoms with Crippen molar-refractivity contribution in [3.63, 3.8) is 0 Å². The summed E-state index contributed by atoms with van der Waals surface area (Å²) in [6.45, 7) is 0.800. The van der Waals surface area contributed by atoms with Crippen LogP contribution in [0.3, 0.4) is 0 Å². The van der Waals surface area contributed by atoms with Gasteiger partial charge in [0.2, 0.25) is 16.0 Å². The Morgan fingerprint density at radius 3 is 2.32 bits per heavy atom. The third-order valence-electron chi connectivity index (χ3n) is 4.26. The van der Waals surface area contributed by atoms with Crippen molar-refractivity contribution in [2.24, 2.45) is 5.73 Å². The fourth-order valence-corrected chi connectivity index (χ4v) is 3.83. The maximum atomic E-state index is 12.2. The first-order valence-corrected chi connectivity index (χ1v) is 11.6. The van der Waals surface area contributed by atoms with Crippen molar-refractivity contribution in [2.75, 3.05) is 18.5 Å². The average molecular weight is 486 g/mol. The van der Waals surface area contributed by atoms with Crippen LogP contribution in [-0.2, 0) is 19.6 Å². The Kier molecular flexibility index (Phi) is 8.62. The Morgan fingerprint density at radius 1 is 0.971 bits per heavy atom. The largest absolute Gasteiger partial charge is 0.492 e. The Bertz CT molecular complexity index is 1190. The second-order valence-electron chi connectivity index (χ2n) is 6.88. The first-order valence-electron chi connectivity index (χ1n) is 10.2. The molecular weight excluding hydrogens is 462 g/mol. The highest BCUT2D eigenvalue weighted by Crippen LogP contribution is 2.14. The first kappa shape index (κ1) is 24.8. The molecule has 0 saturated heterocycles. The molecule has 0 aliphatic heterocycles. The van der Waals surface area contributed by atoms with Crippen LogP contribution >= 0.6 is 0 Å². The van der Waals surface area contributed by atoms with Crippen molar-refractivity contribution in [3.8, 4) is 5.75 Å². The molecule has 34 heavy (non-hydrogen) atoms. The molecule has 0 radical (unpaired) electrons. The molecule has 0 spiro atoms. The molecule has 1 atom stereocenters. The molecule has 1 aromatic heterocycles. The van der Waals surface area contributed by atoms with E-state index in [9.17, 15) is 18.0 Å². The summed E-state index contributed by atoms with van der Waals surface area (Å²) in [7, 11) is -3.91. The number of hydrogen-bond donors (Lipinski definition) is 3. The minimum atomic E-state index is -3.91. The van der Waals surface area contributed by atoms with Gasteiger partial charge in [-0.15, -0.1) is 0 Å². The lowest BCUT2D eigenvalue weighted by Gasteiger charge is -2.13. The van der Waals surface area contributed by atoms with E-state index < -0.39 is 34.5 Å². The zero-order valence-electron chi connectivity index (χ0n) is 18.0. The number of nitrogens with one attached hydrogen (secondary N) is 2. The highest BCUT2D eigenvalue weighted by atomic mass is 32.2. The molecule has 0 saturated carbocycles. The van der Waals surface area contributed by atoms with E-state index in [0.717, 1.165) is 0 Å². The molecule has 11 nitrogen and oxygen atoms in total. The standard InChI is InChI=1S/C22H23N5O6S/c23-19(27-34(30,31)18-5-2-1-3-6-18)15-20(28)33-21(29)16-7-9-17(10-8-16)32-14-13-26-22-24-11-4-12-25-22/h1-12,19,27H,13-15,23H2,(H,24,25,26)/t19-/m0/s1. The van der Waals surface area contributed by atoms with E-state index in [0.29, 0.717) is 24.8 Å². The number of benzene rings is 2. The molecule has 12 heteroatoms. The SMILES string of the molecule is N[C@H](CC(=O)OC(=O)c1ccc(OCCNc2ncccn2)cc1)NS(=O)(=O)c1ccccc1. The number of carbonyl (C=O) groups is 2. The fraction of sp³-hybridized carbons (Fsp3) is 0.182. The van der Waals surface area contributed by atoms with Gasteiger partial charge in [0.25, 0.3) is 0 Å². The van der Waals surface area contributed by atoms with Gasteiger partial charge >= 0.3 is 11.9 Å². The van der Waals surface area contributed by atoms with Crippen molar-refractivity contribution < 1.29 is 27.5 Å². The Labute approximate surface area is 196 Å². The maximum Gasteiger partial charge on any atom is 0.345 e. The minimum absolute atomic E-state index is 0.00128. The van der Waals surface area contributed by atoms with Gasteiger partial charge < -0.3 is 20.5 Å². The van der Waals surface area contributed by atoms with Crippen LogP contribution in [0.1, 0.15) is 16.8 Å². The van der Waals surface area contributed by atoms with Crippen LogP contribution in [0.2, 0.25) is 0 Å². The molecule has 0 amide bonds. The average Bonchev–Trinajstić information content (AvgIpc) is 2.83. The van der Waals surface area contributed by atoms with Crippen molar-refractivity contribution in [2.45, 2.75) is 17.5 Å². The van der Waals surface area contributed by atoms with Gasteiger partial charge in [-0.2, -0.15) is 4.72 Å². The van der Waals surface area contributed by atoms with Crippen LogP contribution in [0.4, 0.5) is 5.95 Å². The lowest BCUT2D eigenvalue weighted by Crippen LogP contribution is -2.43. The van der Waals surface area contributed by atoms with Gasteiger partial charge in [0, 0.05) is 12.4 Å². The predicted octanol–water partition coefficient (Wildman–Crippen LogP) is 1.30. The molecule has 3 rings (SSSR count). The van der Waals surface area contributed by atoms with Crippen LogP contribution < -0.4 is 20.5 Å². The molecule has 0 bridgehead atoms. The third-order valence-corrected chi connectivity index (χ3v) is 5.77. The first-order chi connectivity index (χ1) is 16.3.